The standard InChI is InChI=1S/C38H29N/c1-38(35-19-8-5-17-33(35)34-18-6-9-20-36(34)38)30-15-11-14-29(26-30)27-22-24-31(25-23-27)39-37-21-10-7-16-32(37)28-12-3-2-4-13-28/h2-26,39H,1H3. The van der Waals surface area contributed by atoms with Crippen LogP contribution in [0.15, 0.2) is 152 Å². The number of nitrogens with one attached hydrogen (secondary N) is 1. The molecular formula is C38H29N. The van der Waals surface area contributed by atoms with Crippen LogP contribution in [0.25, 0.3) is 33.4 Å². The Labute approximate surface area is 230 Å². The molecule has 6 aromatic carbocycles. The van der Waals surface area contributed by atoms with Gasteiger partial charge in [-0.1, -0.05) is 127 Å². The van der Waals surface area contributed by atoms with Crippen LogP contribution in [0.4, 0.5) is 11.4 Å². The molecule has 1 nitrogen and oxygen atoms in total. The fourth-order valence-corrected chi connectivity index (χ4v) is 6.14. The van der Waals surface area contributed by atoms with Crippen molar-refractivity contribution in [2.24, 2.45) is 0 Å². The van der Waals surface area contributed by atoms with E-state index >= 15 is 0 Å². The summed E-state index contributed by atoms with van der Waals surface area (Å²) in [7, 11) is 0. The summed E-state index contributed by atoms with van der Waals surface area (Å²) in [5, 5.41) is 3.63. The second kappa shape index (κ2) is 9.45. The molecule has 0 radical (unpaired) electrons. The molecule has 0 aliphatic heterocycles. The highest BCUT2D eigenvalue weighted by atomic mass is 14.9. The van der Waals surface area contributed by atoms with Gasteiger partial charge in [0.1, 0.15) is 0 Å². The molecule has 0 unspecified atom stereocenters. The summed E-state index contributed by atoms with van der Waals surface area (Å²) < 4.78 is 0. The van der Waals surface area contributed by atoms with Gasteiger partial charge >= 0.3 is 0 Å². The lowest BCUT2D eigenvalue weighted by Gasteiger charge is -2.28. The van der Waals surface area contributed by atoms with Gasteiger partial charge in [0.05, 0.1) is 0 Å². The average molecular weight is 500 g/mol. The van der Waals surface area contributed by atoms with Crippen LogP contribution in [0.3, 0.4) is 0 Å². The lowest BCUT2D eigenvalue weighted by molar-refractivity contribution is 0.714. The number of anilines is 2. The molecular weight excluding hydrogens is 470 g/mol. The Morgan fingerprint density at radius 2 is 1.00 bits per heavy atom. The van der Waals surface area contributed by atoms with Crippen molar-refractivity contribution in [1.82, 2.24) is 0 Å². The van der Waals surface area contributed by atoms with Gasteiger partial charge in [-0.15, -0.1) is 0 Å². The zero-order valence-corrected chi connectivity index (χ0v) is 21.9. The Kier molecular flexibility index (Phi) is 5.64. The first-order chi connectivity index (χ1) is 19.2. The molecule has 1 aliphatic carbocycles. The summed E-state index contributed by atoms with van der Waals surface area (Å²) in [6.45, 7) is 2.37. The van der Waals surface area contributed by atoms with E-state index in [2.05, 4.69) is 164 Å². The van der Waals surface area contributed by atoms with Gasteiger partial charge in [0.25, 0.3) is 0 Å². The Bertz CT molecular complexity index is 1730. The van der Waals surface area contributed by atoms with Gasteiger partial charge in [0.15, 0.2) is 0 Å². The smallest absolute Gasteiger partial charge is 0.0463 e. The molecule has 0 bridgehead atoms. The molecule has 1 N–H and O–H groups in total. The highest BCUT2D eigenvalue weighted by molar-refractivity contribution is 5.84. The van der Waals surface area contributed by atoms with Crippen molar-refractivity contribution in [3.05, 3.63) is 168 Å². The first-order valence-corrected chi connectivity index (χ1v) is 13.5. The average Bonchev–Trinajstić information content (AvgIpc) is 3.28. The normalized spacial score (nSPS) is 12.9. The van der Waals surface area contributed by atoms with E-state index in [0.29, 0.717) is 0 Å². The monoisotopic (exact) mass is 499 g/mol. The lowest BCUT2D eigenvalue weighted by atomic mass is 9.74. The third kappa shape index (κ3) is 3.95. The van der Waals surface area contributed by atoms with Crippen LogP contribution in [0.2, 0.25) is 0 Å². The van der Waals surface area contributed by atoms with Crippen LogP contribution in [0.5, 0.6) is 0 Å². The Hall–Kier alpha value is -4.88. The van der Waals surface area contributed by atoms with E-state index < -0.39 is 0 Å². The molecule has 1 aliphatic rings. The highest BCUT2D eigenvalue weighted by Gasteiger charge is 2.40. The van der Waals surface area contributed by atoms with E-state index in [0.717, 1.165) is 11.4 Å². The molecule has 1 heteroatoms. The summed E-state index contributed by atoms with van der Waals surface area (Å²) in [6, 6.07) is 54.5. The fourth-order valence-electron chi connectivity index (χ4n) is 6.14. The second-order valence-electron chi connectivity index (χ2n) is 10.4. The maximum atomic E-state index is 3.63. The van der Waals surface area contributed by atoms with E-state index in [4.69, 9.17) is 0 Å². The Balaban J connectivity index is 1.21. The Morgan fingerprint density at radius 3 is 1.69 bits per heavy atom. The molecule has 0 saturated heterocycles. The van der Waals surface area contributed by atoms with Crippen molar-refractivity contribution >= 4 is 11.4 Å². The van der Waals surface area contributed by atoms with Gasteiger partial charge in [-0.2, -0.15) is 0 Å². The molecule has 7 rings (SSSR count). The van der Waals surface area contributed by atoms with Crippen molar-refractivity contribution in [2.45, 2.75) is 12.3 Å². The van der Waals surface area contributed by atoms with Crippen LogP contribution in [-0.2, 0) is 5.41 Å². The molecule has 0 fully saturated rings. The number of para-hydroxylation sites is 1. The maximum Gasteiger partial charge on any atom is 0.0463 e. The van der Waals surface area contributed by atoms with Crippen LogP contribution < -0.4 is 5.32 Å². The highest BCUT2D eigenvalue weighted by Crippen LogP contribution is 2.52. The minimum Gasteiger partial charge on any atom is -0.355 e. The second-order valence-corrected chi connectivity index (χ2v) is 10.4. The van der Waals surface area contributed by atoms with Gasteiger partial charge in [-0.3, -0.25) is 0 Å². The van der Waals surface area contributed by atoms with Gasteiger partial charge in [0.2, 0.25) is 0 Å². The van der Waals surface area contributed by atoms with Gasteiger partial charge < -0.3 is 5.32 Å². The third-order valence-electron chi connectivity index (χ3n) is 8.17. The van der Waals surface area contributed by atoms with E-state index in [1.807, 2.05) is 0 Å². The van der Waals surface area contributed by atoms with E-state index in [9.17, 15) is 0 Å². The fraction of sp³-hybridized carbons (Fsp3) is 0.0526. The SMILES string of the molecule is CC1(c2cccc(-c3ccc(Nc4ccccc4-c4ccccc4)cc3)c2)c2ccccc2-c2ccccc21. The number of rotatable bonds is 5. The van der Waals surface area contributed by atoms with Crippen molar-refractivity contribution in [3.8, 4) is 33.4 Å². The number of hydrogen-bond acceptors (Lipinski definition) is 1. The number of hydrogen-bond donors (Lipinski definition) is 1. The summed E-state index contributed by atoms with van der Waals surface area (Å²) in [4.78, 5) is 0. The van der Waals surface area contributed by atoms with Crippen molar-refractivity contribution in [3.63, 3.8) is 0 Å². The summed E-state index contributed by atoms with van der Waals surface area (Å²) >= 11 is 0. The molecule has 0 saturated carbocycles. The summed E-state index contributed by atoms with van der Waals surface area (Å²) in [5.74, 6) is 0. The van der Waals surface area contributed by atoms with Crippen LogP contribution >= 0.6 is 0 Å². The van der Waals surface area contributed by atoms with E-state index in [1.165, 1.54) is 50.1 Å². The number of benzene rings is 6. The van der Waals surface area contributed by atoms with Crippen molar-refractivity contribution in [2.75, 3.05) is 5.32 Å². The molecule has 186 valence electrons. The van der Waals surface area contributed by atoms with Crippen molar-refractivity contribution in [1.29, 1.82) is 0 Å². The molecule has 39 heavy (non-hydrogen) atoms. The first-order valence-electron chi connectivity index (χ1n) is 13.5. The molecule has 0 spiro atoms. The molecule has 6 aromatic rings. The first kappa shape index (κ1) is 23.3. The van der Waals surface area contributed by atoms with E-state index in [-0.39, 0.29) is 5.41 Å². The van der Waals surface area contributed by atoms with Gasteiger partial charge in [-0.25, -0.2) is 0 Å². The van der Waals surface area contributed by atoms with Gasteiger partial charge in [0, 0.05) is 22.4 Å². The molecule has 0 aromatic heterocycles. The van der Waals surface area contributed by atoms with E-state index in [1.54, 1.807) is 0 Å². The quantitative estimate of drug-likeness (QED) is 0.249. The largest absolute Gasteiger partial charge is 0.355 e. The molecule has 0 heterocycles. The Morgan fingerprint density at radius 1 is 0.436 bits per heavy atom. The topological polar surface area (TPSA) is 12.0 Å². The minimum atomic E-state index is -0.189. The minimum absolute atomic E-state index is 0.189. The summed E-state index contributed by atoms with van der Waals surface area (Å²) in [6.07, 6.45) is 0. The molecule has 0 atom stereocenters. The third-order valence-corrected chi connectivity index (χ3v) is 8.17. The van der Waals surface area contributed by atoms with Crippen molar-refractivity contribution < 1.29 is 0 Å². The summed E-state index contributed by atoms with van der Waals surface area (Å²) in [5.41, 5.74) is 13.6. The van der Waals surface area contributed by atoms with Gasteiger partial charge in [-0.05, 0) is 75.7 Å². The van der Waals surface area contributed by atoms with Crippen LogP contribution in [0.1, 0.15) is 23.6 Å². The maximum absolute atomic E-state index is 3.63. The zero-order valence-electron chi connectivity index (χ0n) is 21.9. The van der Waals surface area contributed by atoms with Crippen LogP contribution in [-0.4, -0.2) is 0 Å². The predicted molar refractivity (Wildman–Crippen MR) is 164 cm³/mol. The molecule has 0 amide bonds. The lowest BCUT2D eigenvalue weighted by Crippen LogP contribution is -2.22. The number of fused-ring (bicyclic) bond motifs is 3. The predicted octanol–water partition coefficient (Wildman–Crippen LogP) is 10.1. The van der Waals surface area contributed by atoms with Crippen LogP contribution in [0, 0.1) is 0 Å². The zero-order chi connectivity index (χ0) is 26.2.